The fraction of sp³-hybridized carbons (Fsp3) is 0.176. The molecule has 3 rings (SSSR count). The topological polar surface area (TPSA) is 98.7 Å². The Kier molecular flexibility index (Phi) is 3.82. The van der Waals surface area contributed by atoms with Crippen molar-refractivity contribution in [1.82, 2.24) is 9.97 Å². The van der Waals surface area contributed by atoms with Crippen LogP contribution in [0.2, 0.25) is 0 Å². The zero-order valence-electron chi connectivity index (χ0n) is 12.4. The van der Waals surface area contributed by atoms with Gasteiger partial charge in [0.15, 0.2) is 0 Å². The van der Waals surface area contributed by atoms with E-state index in [1.807, 2.05) is 6.07 Å². The number of rotatable bonds is 3. The molecule has 4 N–H and O–H groups in total. The highest BCUT2D eigenvalue weighted by molar-refractivity contribution is 5.82. The maximum atomic E-state index is 14.1. The molecule has 0 saturated carbocycles. The fourth-order valence-corrected chi connectivity index (χ4v) is 2.40. The maximum absolute atomic E-state index is 14.1. The first kappa shape index (κ1) is 15.2. The molecule has 0 spiro atoms. The number of nitrogens with one attached hydrogen (secondary N) is 1. The van der Waals surface area contributed by atoms with Crippen LogP contribution < -0.4 is 5.73 Å². The highest BCUT2D eigenvalue weighted by Crippen LogP contribution is 2.27. The number of nitrogens with zero attached hydrogens (tertiary/aromatic N) is 2. The second kappa shape index (κ2) is 5.80. The summed E-state index contributed by atoms with van der Waals surface area (Å²) < 4.78 is 14.1. The molecule has 0 aliphatic heterocycles. The molecule has 0 aliphatic carbocycles. The Balaban J connectivity index is 2.05. The van der Waals surface area contributed by atoms with E-state index in [1.54, 1.807) is 37.3 Å². The van der Waals surface area contributed by atoms with Gasteiger partial charge in [-0.1, -0.05) is 12.1 Å². The zero-order valence-corrected chi connectivity index (χ0v) is 12.4. The molecule has 3 aromatic rings. The van der Waals surface area contributed by atoms with Gasteiger partial charge in [0.05, 0.1) is 34.8 Å². The van der Waals surface area contributed by atoms with E-state index in [9.17, 15) is 9.50 Å². The summed E-state index contributed by atoms with van der Waals surface area (Å²) in [4.78, 5) is 7.42. The summed E-state index contributed by atoms with van der Waals surface area (Å²) in [5.74, 6) is 0.0206. The number of aromatic nitrogens is 2. The molecule has 0 aliphatic rings. The lowest BCUT2D eigenvalue weighted by molar-refractivity contribution is 0.161. The van der Waals surface area contributed by atoms with Crippen molar-refractivity contribution < 1.29 is 9.50 Å². The van der Waals surface area contributed by atoms with Crippen molar-refractivity contribution in [1.29, 1.82) is 5.26 Å². The van der Waals surface area contributed by atoms with E-state index >= 15 is 0 Å². The van der Waals surface area contributed by atoms with Gasteiger partial charge >= 0.3 is 0 Å². The summed E-state index contributed by atoms with van der Waals surface area (Å²) in [6.07, 6.45) is -0.731. The lowest BCUT2D eigenvalue weighted by Gasteiger charge is -2.10. The van der Waals surface area contributed by atoms with Crippen LogP contribution in [0.25, 0.3) is 22.2 Å². The zero-order chi connectivity index (χ0) is 16.6. The van der Waals surface area contributed by atoms with Crippen LogP contribution >= 0.6 is 0 Å². The van der Waals surface area contributed by atoms with Gasteiger partial charge in [0.2, 0.25) is 0 Å². The lowest BCUT2D eigenvalue weighted by Crippen LogP contribution is -2.24. The second-order valence-electron chi connectivity index (χ2n) is 5.43. The number of nitriles is 1. The van der Waals surface area contributed by atoms with E-state index in [-0.39, 0.29) is 5.56 Å². The first-order valence-electron chi connectivity index (χ1n) is 7.13. The first-order chi connectivity index (χ1) is 11.0. The van der Waals surface area contributed by atoms with Crippen molar-refractivity contribution in [2.24, 2.45) is 5.73 Å². The number of fused-ring (bicyclic) bond motifs is 1. The summed E-state index contributed by atoms with van der Waals surface area (Å²) >= 11 is 0. The Bertz CT molecular complexity index is 911. The van der Waals surface area contributed by atoms with E-state index in [0.29, 0.717) is 22.5 Å². The molecule has 0 fully saturated rings. The molecular weight excluding hydrogens is 295 g/mol. The van der Waals surface area contributed by atoms with Crippen LogP contribution in [0.4, 0.5) is 4.39 Å². The van der Waals surface area contributed by atoms with Gasteiger partial charge in [-0.05, 0) is 36.8 Å². The number of H-pyrrole nitrogens is 1. The van der Waals surface area contributed by atoms with Gasteiger partial charge in [-0.3, -0.25) is 0 Å². The molecule has 116 valence electrons. The molecule has 0 bridgehead atoms. The van der Waals surface area contributed by atoms with Gasteiger partial charge in [-0.25, -0.2) is 9.37 Å². The Morgan fingerprint density at radius 1 is 1.30 bits per heavy atom. The van der Waals surface area contributed by atoms with Crippen LogP contribution in [0.3, 0.4) is 0 Å². The molecule has 5 nitrogen and oxygen atoms in total. The number of imidazole rings is 1. The molecule has 6 heteroatoms. The Labute approximate surface area is 132 Å². The number of nitrogens with two attached hydrogens (primary N) is 1. The minimum Gasteiger partial charge on any atom is -0.391 e. The molecule has 0 saturated heterocycles. The van der Waals surface area contributed by atoms with Gasteiger partial charge in [-0.15, -0.1) is 0 Å². The smallest absolute Gasteiger partial charge is 0.132 e. The quantitative estimate of drug-likeness (QED) is 0.692. The van der Waals surface area contributed by atoms with Crippen LogP contribution in [-0.4, -0.2) is 21.2 Å². The number of halogens is 1. The summed E-state index contributed by atoms with van der Waals surface area (Å²) in [5, 5.41) is 18.4. The van der Waals surface area contributed by atoms with Gasteiger partial charge in [0, 0.05) is 5.56 Å². The van der Waals surface area contributed by atoms with Gasteiger partial charge in [-0.2, -0.15) is 5.26 Å². The molecule has 2 atom stereocenters. The van der Waals surface area contributed by atoms with Gasteiger partial charge in [0.25, 0.3) is 0 Å². The molecule has 1 aromatic heterocycles. The predicted octanol–water partition coefficient (Wildman–Crippen LogP) is 2.62. The minimum atomic E-state index is -0.731. The normalized spacial score (nSPS) is 13.7. The number of aliphatic hydroxyl groups excluding tert-OH is 1. The molecule has 0 radical (unpaired) electrons. The molecular formula is C17H15FN4O. The largest absolute Gasteiger partial charge is 0.391 e. The van der Waals surface area contributed by atoms with Crippen molar-refractivity contribution in [2.75, 3.05) is 0 Å². The average Bonchev–Trinajstić information content (AvgIpc) is 2.96. The maximum Gasteiger partial charge on any atom is 0.132 e. The van der Waals surface area contributed by atoms with Crippen molar-refractivity contribution in [3.8, 4) is 17.2 Å². The Hall–Kier alpha value is -2.75. The minimum absolute atomic E-state index is 0.275. The van der Waals surface area contributed by atoms with Gasteiger partial charge < -0.3 is 15.8 Å². The summed E-state index contributed by atoms with van der Waals surface area (Å²) in [6, 6.07) is 10.9. The first-order valence-corrected chi connectivity index (χ1v) is 7.13. The van der Waals surface area contributed by atoms with E-state index in [4.69, 9.17) is 11.0 Å². The SMILES string of the molecule is C[C@@H](O)[C@H](N)c1nc2cc(-c3ccc(C#N)cc3F)ccc2[nH]1. The third-order valence-corrected chi connectivity index (χ3v) is 3.75. The van der Waals surface area contributed by atoms with Crippen LogP contribution in [0, 0.1) is 17.1 Å². The van der Waals surface area contributed by atoms with E-state index in [2.05, 4.69) is 9.97 Å². The summed E-state index contributed by atoms with van der Waals surface area (Å²) in [7, 11) is 0. The van der Waals surface area contributed by atoms with E-state index in [1.165, 1.54) is 6.07 Å². The number of aliphatic hydroxyl groups is 1. The van der Waals surface area contributed by atoms with Crippen molar-refractivity contribution in [3.05, 3.63) is 53.6 Å². The standard InChI is InChI=1S/C17H15FN4O/c1-9(23)16(20)17-21-14-5-3-11(7-15(14)22-17)12-4-2-10(8-19)6-13(12)18/h2-7,9,16,23H,20H2,1H3,(H,21,22)/t9-,16+/m1/s1. The van der Waals surface area contributed by atoms with Crippen LogP contribution in [0.5, 0.6) is 0 Å². The third-order valence-electron chi connectivity index (χ3n) is 3.75. The van der Waals surface area contributed by atoms with E-state index in [0.717, 1.165) is 5.52 Å². The monoisotopic (exact) mass is 310 g/mol. The number of hydrogen-bond donors (Lipinski definition) is 3. The highest BCUT2D eigenvalue weighted by atomic mass is 19.1. The Morgan fingerprint density at radius 2 is 2.09 bits per heavy atom. The van der Waals surface area contributed by atoms with E-state index < -0.39 is 18.0 Å². The second-order valence-corrected chi connectivity index (χ2v) is 5.43. The summed E-state index contributed by atoms with van der Waals surface area (Å²) in [5.41, 5.74) is 8.60. The van der Waals surface area contributed by atoms with Crippen molar-refractivity contribution in [3.63, 3.8) is 0 Å². The number of benzene rings is 2. The number of hydrogen-bond acceptors (Lipinski definition) is 4. The molecule has 23 heavy (non-hydrogen) atoms. The lowest BCUT2D eigenvalue weighted by atomic mass is 10.0. The van der Waals surface area contributed by atoms with Crippen molar-refractivity contribution >= 4 is 11.0 Å². The molecule has 0 amide bonds. The van der Waals surface area contributed by atoms with Crippen LogP contribution in [-0.2, 0) is 0 Å². The van der Waals surface area contributed by atoms with Gasteiger partial charge in [0.1, 0.15) is 11.6 Å². The fourth-order valence-electron chi connectivity index (χ4n) is 2.40. The summed E-state index contributed by atoms with van der Waals surface area (Å²) in [6.45, 7) is 1.59. The highest BCUT2D eigenvalue weighted by Gasteiger charge is 2.16. The van der Waals surface area contributed by atoms with Crippen LogP contribution in [0.1, 0.15) is 24.4 Å². The predicted molar refractivity (Wildman–Crippen MR) is 84.8 cm³/mol. The Morgan fingerprint density at radius 3 is 2.74 bits per heavy atom. The third kappa shape index (κ3) is 2.80. The average molecular weight is 310 g/mol. The molecule has 2 aromatic carbocycles. The van der Waals surface area contributed by atoms with Crippen molar-refractivity contribution in [2.45, 2.75) is 19.1 Å². The van der Waals surface area contributed by atoms with Crippen LogP contribution in [0.15, 0.2) is 36.4 Å². The molecule has 1 heterocycles. The number of aromatic amines is 1. The molecule has 0 unspecified atom stereocenters.